The molecule has 1 atom stereocenters. The number of nitrogens with zero attached hydrogens (tertiary/aromatic N) is 1. The van der Waals surface area contributed by atoms with E-state index in [4.69, 9.17) is 4.74 Å². The highest BCUT2D eigenvalue weighted by molar-refractivity contribution is 5.95. The number of halogens is 1. The molecule has 118 valence electrons. The van der Waals surface area contributed by atoms with Crippen LogP contribution in [0.3, 0.4) is 0 Å². The van der Waals surface area contributed by atoms with Crippen LogP contribution in [-0.4, -0.2) is 49.1 Å². The van der Waals surface area contributed by atoms with Gasteiger partial charge >= 0.3 is 0 Å². The summed E-state index contributed by atoms with van der Waals surface area (Å²) < 4.78 is 18.0. The van der Waals surface area contributed by atoms with Crippen molar-refractivity contribution in [3.8, 4) is 0 Å². The Morgan fingerprint density at radius 1 is 1.27 bits per heavy atom. The Morgan fingerprint density at radius 3 is 2.55 bits per heavy atom. The summed E-state index contributed by atoms with van der Waals surface area (Å²) in [5.41, 5.74) is 0.712. The third kappa shape index (κ3) is 4.66. The average molecular weight is 306 g/mol. The van der Waals surface area contributed by atoms with Crippen LogP contribution < -0.4 is 5.32 Å². The van der Waals surface area contributed by atoms with Crippen molar-refractivity contribution in [1.29, 1.82) is 0 Å². The second-order valence-corrected chi connectivity index (χ2v) is 5.05. The molecule has 1 aliphatic heterocycles. The number of hydrogen-bond donors (Lipinski definition) is 1. The maximum absolute atomic E-state index is 12.8. The molecule has 22 heavy (non-hydrogen) atoms. The van der Waals surface area contributed by atoms with Gasteiger partial charge in [0.1, 0.15) is 11.9 Å². The number of carbonyl (C=O) groups is 2. The smallest absolute Gasteiger partial charge is 0.245 e. The molecule has 5 nitrogen and oxygen atoms in total. The lowest BCUT2D eigenvalue weighted by Gasteiger charge is -2.29. The minimum absolute atomic E-state index is 0.119. The summed E-state index contributed by atoms with van der Waals surface area (Å²) in [6, 6.07) is 5.19. The molecule has 0 bridgehead atoms. The van der Waals surface area contributed by atoms with Gasteiger partial charge in [-0.15, -0.1) is 0 Å². The molecule has 1 fully saturated rings. The summed E-state index contributed by atoms with van der Waals surface area (Å²) in [4.78, 5) is 25.6. The number of ether oxygens (including phenoxy) is 1. The van der Waals surface area contributed by atoms with Crippen LogP contribution in [0.15, 0.2) is 30.3 Å². The molecule has 1 heterocycles. The van der Waals surface area contributed by atoms with Gasteiger partial charge in [-0.25, -0.2) is 4.39 Å². The third-order valence-corrected chi connectivity index (χ3v) is 3.35. The molecule has 1 aliphatic rings. The molecular formula is C16H19FN2O3. The van der Waals surface area contributed by atoms with Gasteiger partial charge in [-0.3, -0.25) is 9.59 Å². The van der Waals surface area contributed by atoms with E-state index in [-0.39, 0.29) is 17.6 Å². The Labute approximate surface area is 128 Å². The highest BCUT2D eigenvalue weighted by atomic mass is 19.1. The lowest BCUT2D eigenvalue weighted by molar-refractivity contribution is -0.138. The summed E-state index contributed by atoms with van der Waals surface area (Å²) >= 11 is 0. The monoisotopic (exact) mass is 306 g/mol. The summed E-state index contributed by atoms with van der Waals surface area (Å²) in [7, 11) is 0. The Bertz CT molecular complexity index is 551. The molecule has 6 heteroatoms. The quantitative estimate of drug-likeness (QED) is 0.851. The van der Waals surface area contributed by atoms with Gasteiger partial charge in [0.15, 0.2) is 0 Å². The summed E-state index contributed by atoms with van der Waals surface area (Å²) in [5, 5.41) is 2.63. The number of amides is 2. The molecule has 0 aromatic heterocycles. The zero-order valence-corrected chi connectivity index (χ0v) is 12.4. The second-order valence-electron chi connectivity index (χ2n) is 5.05. The molecule has 1 N–H and O–H groups in total. The molecule has 2 rings (SSSR count). The van der Waals surface area contributed by atoms with Gasteiger partial charge < -0.3 is 15.0 Å². The number of hydrogen-bond acceptors (Lipinski definition) is 3. The van der Waals surface area contributed by atoms with Crippen molar-refractivity contribution in [3.05, 3.63) is 41.7 Å². The number of nitrogens with one attached hydrogen (secondary N) is 1. The zero-order valence-electron chi connectivity index (χ0n) is 12.4. The largest absolute Gasteiger partial charge is 0.378 e. The average Bonchev–Trinajstić information content (AvgIpc) is 2.54. The molecule has 1 aromatic rings. The van der Waals surface area contributed by atoms with Crippen LogP contribution in [0.2, 0.25) is 0 Å². The first kappa shape index (κ1) is 16.2. The van der Waals surface area contributed by atoms with Crippen LogP contribution in [-0.2, 0) is 14.3 Å². The van der Waals surface area contributed by atoms with E-state index in [9.17, 15) is 14.0 Å². The molecule has 1 aromatic carbocycles. The topological polar surface area (TPSA) is 58.6 Å². The fraction of sp³-hybridized carbons (Fsp3) is 0.375. The van der Waals surface area contributed by atoms with Gasteiger partial charge in [0.05, 0.1) is 13.2 Å². The number of carbonyl (C=O) groups excluding carboxylic acids is 2. The Hall–Kier alpha value is -2.21. The molecule has 0 aliphatic carbocycles. The minimum Gasteiger partial charge on any atom is -0.378 e. The van der Waals surface area contributed by atoms with Crippen LogP contribution in [0.5, 0.6) is 0 Å². The lowest BCUT2D eigenvalue weighted by atomic mass is 10.2. The summed E-state index contributed by atoms with van der Waals surface area (Å²) in [6.45, 7) is 3.80. The number of morpholine rings is 1. The number of rotatable bonds is 4. The standard InChI is InChI=1S/C16H19FN2O3/c1-12(16(21)19-8-10-22-11-9-19)18-15(20)7-4-13-2-5-14(17)6-3-13/h2-7,12H,8-11H2,1H3,(H,18,20). The van der Waals surface area contributed by atoms with Gasteiger partial charge in [-0.1, -0.05) is 12.1 Å². The van der Waals surface area contributed by atoms with E-state index in [1.54, 1.807) is 30.0 Å². The molecule has 0 saturated carbocycles. The van der Waals surface area contributed by atoms with E-state index >= 15 is 0 Å². The van der Waals surface area contributed by atoms with E-state index in [2.05, 4.69) is 5.32 Å². The molecule has 1 unspecified atom stereocenters. The van der Waals surface area contributed by atoms with Crippen LogP contribution in [0.4, 0.5) is 4.39 Å². The Morgan fingerprint density at radius 2 is 1.91 bits per heavy atom. The maximum Gasteiger partial charge on any atom is 0.245 e. The first-order valence-corrected chi connectivity index (χ1v) is 7.17. The molecule has 0 spiro atoms. The highest BCUT2D eigenvalue weighted by Gasteiger charge is 2.22. The molecular weight excluding hydrogens is 287 g/mol. The molecule has 0 radical (unpaired) electrons. The van der Waals surface area contributed by atoms with Crippen molar-refractivity contribution >= 4 is 17.9 Å². The van der Waals surface area contributed by atoms with Gasteiger partial charge in [0, 0.05) is 19.2 Å². The van der Waals surface area contributed by atoms with E-state index < -0.39 is 6.04 Å². The summed E-state index contributed by atoms with van der Waals surface area (Å²) in [6.07, 6.45) is 2.90. The van der Waals surface area contributed by atoms with Crippen molar-refractivity contribution in [3.63, 3.8) is 0 Å². The fourth-order valence-corrected chi connectivity index (χ4v) is 2.13. The number of benzene rings is 1. The normalized spacial score (nSPS) is 16.5. The predicted octanol–water partition coefficient (Wildman–Crippen LogP) is 1.20. The van der Waals surface area contributed by atoms with Crippen molar-refractivity contribution in [2.45, 2.75) is 13.0 Å². The van der Waals surface area contributed by atoms with Crippen molar-refractivity contribution < 1.29 is 18.7 Å². The van der Waals surface area contributed by atoms with Crippen LogP contribution in [0.1, 0.15) is 12.5 Å². The minimum atomic E-state index is -0.594. The van der Waals surface area contributed by atoms with Crippen molar-refractivity contribution in [2.75, 3.05) is 26.3 Å². The first-order valence-electron chi connectivity index (χ1n) is 7.17. The van der Waals surface area contributed by atoms with E-state index in [0.29, 0.717) is 31.9 Å². The highest BCUT2D eigenvalue weighted by Crippen LogP contribution is 2.05. The van der Waals surface area contributed by atoms with Crippen molar-refractivity contribution in [2.24, 2.45) is 0 Å². The van der Waals surface area contributed by atoms with E-state index in [1.807, 2.05) is 0 Å². The van der Waals surface area contributed by atoms with Crippen molar-refractivity contribution in [1.82, 2.24) is 10.2 Å². The van der Waals surface area contributed by atoms with Crippen LogP contribution in [0.25, 0.3) is 6.08 Å². The Kier molecular flexibility index (Phi) is 5.66. The van der Waals surface area contributed by atoms with E-state index in [0.717, 1.165) is 0 Å². The van der Waals surface area contributed by atoms with Gasteiger partial charge in [-0.2, -0.15) is 0 Å². The van der Waals surface area contributed by atoms with E-state index in [1.165, 1.54) is 18.2 Å². The third-order valence-electron chi connectivity index (χ3n) is 3.35. The Balaban J connectivity index is 1.85. The van der Waals surface area contributed by atoms with Gasteiger partial charge in [0.2, 0.25) is 11.8 Å². The molecule has 2 amide bonds. The maximum atomic E-state index is 12.8. The lowest BCUT2D eigenvalue weighted by Crippen LogP contribution is -2.50. The first-order chi connectivity index (χ1) is 10.6. The predicted molar refractivity (Wildman–Crippen MR) is 80.4 cm³/mol. The second kappa shape index (κ2) is 7.70. The van der Waals surface area contributed by atoms with Crippen LogP contribution >= 0.6 is 0 Å². The van der Waals surface area contributed by atoms with Gasteiger partial charge in [-0.05, 0) is 30.7 Å². The van der Waals surface area contributed by atoms with Crippen LogP contribution in [0, 0.1) is 5.82 Å². The SMILES string of the molecule is CC(NC(=O)C=Cc1ccc(F)cc1)C(=O)N1CCOCC1. The summed E-state index contributed by atoms with van der Waals surface area (Å²) in [5.74, 6) is -0.809. The van der Waals surface area contributed by atoms with Gasteiger partial charge in [0.25, 0.3) is 0 Å². The zero-order chi connectivity index (χ0) is 15.9. The fourth-order valence-electron chi connectivity index (χ4n) is 2.13. The molecule has 1 saturated heterocycles.